The van der Waals surface area contributed by atoms with Crippen LogP contribution in [-0.2, 0) is 0 Å². The molecular formula is C38H32N2O4S. The molecule has 3 heterocycles. The van der Waals surface area contributed by atoms with Crippen molar-refractivity contribution in [2.75, 3.05) is 0 Å². The van der Waals surface area contributed by atoms with Gasteiger partial charge in [-0.2, -0.15) is 0 Å². The summed E-state index contributed by atoms with van der Waals surface area (Å²) in [6.07, 6.45) is 8.40. The van der Waals surface area contributed by atoms with Crippen LogP contribution in [0.1, 0.15) is 106 Å². The molecule has 45 heavy (non-hydrogen) atoms. The molecule has 0 radical (unpaired) electrons. The number of aliphatic hydroxyl groups excluding tert-OH is 1. The molecule has 1 atom stereocenters. The van der Waals surface area contributed by atoms with E-state index in [2.05, 4.69) is 24.3 Å². The summed E-state index contributed by atoms with van der Waals surface area (Å²) in [6, 6.07) is 16.4. The molecule has 4 fully saturated rings. The lowest BCUT2D eigenvalue weighted by molar-refractivity contribution is -0.0466. The van der Waals surface area contributed by atoms with Crippen LogP contribution in [0.25, 0.3) is 43.1 Å². The van der Waals surface area contributed by atoms with Crippen molar-refractivity contribution in [2.24, 2.45) is 11.8 Å². The number of fused-ring (bicyclic) bond motifs is 12. The summed E-state index contributed by atoms with van der Waals surface area (Å²) < 4.78 is 0. The number of imide groups is 1. The van der Waals surface area contributed by atoms with Gasteiger partial charge in [0.1, 0.15) is 4.88 Å². The fourth-order valence-corrected chi connectivity index (χ4v) is 12.4. The van der Waals surface area contributed by atoms with E-state index in [0.717, 1.165) is 96.5 Å². The topological polar surface area (TPSA) is 77.9 Å². The zero-order valence-corrected chi connectivity index (χ0v) is 25.7. The van der Waals surface area contributed by atoms with Crippen molar-refractivity contribution in [1.29, 1.82) is 0 Å². The zero-order valence-electron chi connectivity index (χ0n) is 24.9. The van der Waals surface area contributed by atoms with Crippen LogP contribution >= 0.6 is 11.3 Å². The van der Waals surface area contributed by atoms with Crippen LogP contribution in [0.15, 0.2) is 48.5 Å². The summed E-state index contributed by atoms with van der Waals surface area (Å²) in [5.41, 5.74) is 0.279. The first-order valence-corrected chi connectivity index (χ1v) is 17.5. The van der Waals surface area contributed by atoms with E-state index >= 15 is 9.59 Å². The van der Waals surface area contributed by atoms with Crippen LogP contribution in [0.4, 0.5) is 0 Å². The van der Waals surface area contributed by atoms with E-state index in [4.69, 9.17) is 0 Å². The Labute approximate surface area is 263 Å². The lowest BCUT2D eigenvalue weighted by Gasteiger charge is -2.45. The first-order valence-electron chi connectivity index (χ1n) is 16.7. The molecule has 1 aromatic heterocycles. The first-order chi connectivity index (χ1) is 21.9. The van der Waals surface area contributed by atoms with Gasteiger partial charge in [-0.1, -0.05) is 48.5 Å². The monoisotopic (exact) mass is 612 g/mol. The van der Waals surface area contributed by atoms with Crippen LogP contribution in [-0.4, -0.2) is 43.7 Å². The Balaban J connectivity index is 1.33. The van der Waals surface area contributed by atoms with Gasteiger partial charge in [-0.3, -0.25) is 19.3 Å². The Morgan fingerprint density at radius 1 is 0.622 bits per heavy atom. The van der Waals surface area contributed by atoms with Gasteiger partial charge in [-0.25, -0.2) is 0 Å². The number of benzene rings is 4. The van der Waals surface area contributed by atoms with Gasteiger partial charge < -0.3 is 10.0 Å². The molecule has 4 bridgehead atoms. The van der Waals surface area contributed by atoms with E-state index in [1.807, 2.05) is 24.3 Å². The van der Waals surface area contributed by atoms with Crippen molar-refractivity contribution >= 4 is 72.1 Å². The Hall–Kier alpha value is -3.81. The second kappa shape index (κ2) is 8.12. The highest BCUT2D eigenvalue weighted by Gasteiger charge is 2.58. The summed E-state index contributed by atoms with van der Waals surface area (Å²) in [7, 11) is 0. The minimum atomic E-state index is -1.13. The third kappa shape index (κ3) is 2.82. The molecule has 224 valence electrons. The SMILES string of the molecule is O=C1c2sc3c4c(c5c6ccccc6c6ccccc6c5c(c24)C(=O)N1C12CCC(CC1)C2)C(=O)N(C12CCC(CC1)C2)C3O. The van der Waals surface area contributed by atoms with Gasteiger partial charge in [-0.05, 0) is 97.6 Å². The molecular weight excluding hydrogens is 580 g/mol. The predicted octanol–water partition coefficient (Wildman–Crippen LogP) is 8.07. The molecule has 0 saturated heterocycles. The van der Waals surface area contributed by atoms with Crippen LogP contribution in [0.3, 0.4) is 0 Å². The number of carbonyl (C=O) groups excluding carboxylic acids is 3. The Kier molecular flexibility index (Phi) is 4.58. The van der Waals surface area contributed by atoms with E-state index in [0.29, 0.717) is 43.5 Å². The lowest BCUT2D eigenvalue weighted by Crippen LogP contribution is -2.54. The third-order valence-corrected chi connectivity index (χ3v) is 14.2. The smallest absolute Gasteiger partial charge is 0.272 e. The normalized spacial score (nSPS) is 31.7. The van der Waals surface area contributed by atoms with Crippen molar-refractivity contribution in [3.8, 4) is 0 Å². The maximum atomic E-state index is 15.1. The number of rotatable bonds is 2. The number of thiophene rings is 1. The molecule has 5 aromatic rings. The number of hydrogen-bond donors (Lipinski definition) is 1. The van der Waals surface area contributed by atoms with Gasteiger partial charge >= 0.3 is 0 Å². The second-order valence-corrected chi connectivity index (χ2v) is 15.9. The number of carbonyl (C=O) groups is 3. The average Bonchev–Trinajstić information content (AvgIpc) is 3.90. The van der Waals surface area contributed by atoms with Crippen molar-refractivity contribution < 1.29 is 19.5 Å². The van der Waals surface area contributed by atoms with Gasteiger partial charge in [0.2, 0.25) is 0 Å². The third-order valence-electron chi connectivity index (χ3n) is 13.0. The maximum Gasteiger partial charge on any atom is 0.272 e. The van der Waals surface area contributed by atoms with Gasteiger partial charge in [0, 0.05) is 27.1 Å². The van der Waals surface area contributed by atoms with Crippen molar-refractivity contribution in [3.63, 3.8) is 0 Å². The molecule has 4 saturated carbocycles. The minimum absolute atomic E-state index is 0.158. The Bertz CT molecular complexity index is 2250. The Morgan fingerprint density at radius 3 is 1.67 bits per heavy atom. The predicted molar refractivity (Wildman–Crippen MR) is 175 cm³/mol. The minimum Gasteiger partial charge on any atom is -0.368 e. The number of nitrogens with zero attached hydrogens (tertiary/aromatic N) is 2. The molecule has 7 heteroatoms. The molecule has 6 aliphatic rings. The largest absolute Gasteiger partial charge is 0.368 e. The van der Waals surface area contributed by atoms with E-state index in [1.165, 1.54) is 11.3 Å². The van der Waals surface area contributed by atoms with Crippen LogP contribution < -0.4 is 0 Å². The average molecular weight is 613 g/mol. The maximum absolute atomic E-state index is 15.1. The van der Waals surface area contributed by atoms with E-state index in [1.54, 1.807) is 9.80 Å². The molecule has 2 aliphatic heterocycles. The highest BCUT2D eigenvalue weighted by atomic mass is 32.1. The van der Waals surface area contributed by atoms with E-state index in [9.17, 15) is 9.90 Å². The van der Waals surface area contributed by atoms with Crippen LogP contribution in [0, 0.1) is 11.8 Å². The summed E-state index contributed by atoms with van der Waals surface area (Å²) in [5.74, 6) is 0.526. The summed E-state index contributed by atoms with van der Waals surface area (Å²) >= 11 is 1.33. The van der Waals surface area contributed by atoms with Gasteiger partial charge in [0.15, 0.2) is 6.23 Å². The number of aliphatic hydroxyl groups is 1. The Morgan fingerprint density at radius 2 is 1.13 bits per heavy atom. The molecule has 1 N–H and O–H groups in total. The lowest BCUT2D eigenvalue weighted by atomic mass is 9.80. The fraction of sp³-hybridized carbons (Fsp3) is 0.395. The fourth-order valence-electron chi connectivity index (χ4n) is 11.1. The van der Waals surface area contributed by atoms with E-state index < -0.39 is 11.8 Å². The molecule has 3 amide bonds. The highest BCUT2D eigenvalue weighted by Crippen LogP contribution is 2.60. The quantitative estimate of drug-likeness (QED) is 0.162. The zero-order chi connectivity index (χ0) is 30.0. The molecule has 6 nitrogen and oxygen atoms in total. The van der Waals surface area contributed by atoms with Gasteiger partial charge in [0.05, 0.1) is 21.5 Å². The highest BCUT2D eigenvalue weighted by molar-refractivity contribution is 7.16. The van der Waals surface area contributed by atoms with Crippen molar-refractivity contribution in [3.05, 3.63) is 69.4 Å². The number of amides is 3. The molecule has 11 rings (SSSR count). The molecule has 4 aliphatic carbocycles. The van der Waals surface area contributed by atoms with Gasteiger partial charge in [0.25, 0.3) is 17.7 Å². The summed E-state index contributed by atoms with van der Waals surface area (Å²) in [4.78, 5) is 49.5. The standard InChI is InChI=1S/C38H32N2O4S/c41-33-29-25-23-7-3-1-5-21(23)22-6-2-4-8-24(22)26(25)30-28-27(29)31(35(43)39(33)37-13-9-19(17-37)10-14-37)45-32(28)36(44)40(34(30)42)38-15-11-20(18-38)12-16-38/h1-8,19-20,35,43H,9-18H2. The molecule has 4 aromatic carbocycles. The summed E-state index contributed by atoms with van der Waals surface area (Å²) in [6.45, 7) is 0. The van der Waals surface area contributed by atoms with Crippen molar-refractivity contribution in [2.45, 2.75) is 81.5 Å². The first kappa shape index (κ1) is 25.4. The van der Waals surface area contributed by atoms with Gasteiger partial charge in [-0.15, -0.1) is 11.3 Å². The molecule has 0 spiro atoms. The van der Waals surface area contributed by atoms with Crippen LogP contribution in [0.2, 0.25) is 0 Å². The van der Waals surface area contributed by atoms with Crippen molar-refractivity contribution in [1.82, 2.24) is 9.80 Å². The van der Waals surface area contributed by atoms with Crippen LogP contribution in [0.5, 0.6) is 0 Å². The second-order valence-electron chi connectivity index (χ2n) is 14.9. The summed E-state index contributed by atoms with van der Waals surface area (Å²) in [5, 5.41) is 18.9. The van der Waals surface area contributed by atoms with E-state index in [-0.39, 0.29) is 23.3 Å². The number of hydrogen-bond acceptors (Lipinski definition) is 5. The molecule has 1 unspecified atom stereocenters.